The summed E-state index contributed by atoms with van der Waals surface area (Å²) in [4.78, 5) is 2.40. The zero-order valence-electron chi connectivity index (χ0n) is 12.9. The van der Waals surface area contributed by atoms with Crippen LogP contribution in [0.2, 0.25) is 0 Å². The van der Waals surface area contributed by atoms with E-state index >= 15 is 0 Å². The first-order chi connectivity index (χ1) is 9.22. The predicted molar refractivity (Wildman–Crippen MR) is 88.4 cm³/mol. The van der Waals surface area contributed by atoms with Crippen LogP contribution in [0.3, 0.4) is 0 Å². The van der Waals surface area contributed by atoms with Gasteiger partial charge in [-0.1, -0.05) is 6.07 Å². The average molecular weight is 341 g/mol. The number of nitrogens with zero attached hydrogens (tertiary/aromatic N) is 1. The Morgan fingerprint density at radius 2 is 1.80 bits per heavy atom. The Hall–Kier alpha value is -0.580. The van der Waals surface area contributed by atoms with E-state index in [1.807, 2.05) is 0 Å². The second kappa shape index (κ2) is 5.66. The van der Waals surface area contributed by atoms with E-state index in [4.69, 9.17) is 10.5 Å². The lowest BCUT2D eigenvalue weighted by Crippen LogP contribution is -2.57. The molecule has 112 valence electrons. The standard InChI is InChI=1S/C16H25BrN2O/c1-15(2)10-19(11-16(3,4)20-15)14-6-5-12(7-8-18)9-13(14)17/h5-6,9H,7-8,10-11,18H2,1-4H3. The SMILES string of the molecule is CC1(C)CN(c2ccc(CCN)cc2Br)CC(C)(C)O1. The van der Waals surface area contributed by atoms with Crippen molar-refractivity contribution in [2.24, 2.45) is 5.73 Å². The van der Waals surface area contributed by atoms with Gasteiger partial charge < -0.3 is 15.4 Å². The molecule has 1 saturated heterocycles. The second-order valence-corrected chi connectivity index (χ2v) is 7.66. The van der Waals surface area contributed by atoms with Crippen molar-refractivity contribution in [3.63, 3.8) is 0 Å². The van der Waals surface area contributed by atoms with Crippen LogP contribution in [0.5, 0.6) is 0 Å². The predicted octanol–water partition coefficient (Wildman–Crippen LogP) is 3.34. The average Bonchev–Trinajstić information content (AvgIpc) is 2.25. The molecule has 3 nitrogen and oxygen atoms in total. The van der Waals surface area contributed by atoms with Crippen molar-refractivity contribution in [2.45, 2.75) is 45.3 Å². The Balaban J connectivity index is 2.26. The summed E-state index contributed by atoms with van der Waals surface area (Å²) in [5.74, 6) is 0. The Kier molecular flexibility index (Phi) is 4.47. The number of benzene rings is 1. The Morgan fingerprint density at radius 3 is 2.30 bits per heavy atom. The van der Waals surface area contributed by atoms with Crippen LogP contribution in [0.25, 0.3) is 0 Å². The molecule has 2 rings (SSSR count). The van der Waals surface area contributed by atoms with Crippen molar-refractivity contribution < 1.29 is 4.74 Å². The van der Waals surface area contributed by atoms with Crippen LogP contribution in [0, 0.1) is 0 Å². The van der Waals surface area contributed by atoms with E-state index in [9.17, 15) is 0 Å². The molecular formula is C16H25BrN2O. The van der Waals surface area contributed by atoms with Crippen LogP contribution < -0.4 is 10.6 Å². The van der Waals surface area contributed by atoms with E-state index in [1.54, 1.807) is 0 Å². The summed E-state index contributed by atoms with van der Waals surface area (Å²) < 4.78 is 7.28. The van der Waals surface area contributed by atoms with Gasteiger partial charge in [-0.3, -0.25) is 0 Å². The zero-order chi connectivity index (χ0) is 15.0. The van der Waals surface area contributed by atoms with E-state index in [2.05, 4.69) is 66.7 Å². The molecule has 0 spiro atoms. The third kappa shape index (κ3) is 3.74. The van der Waals surface area contributed by atoms with Crippen molar-refractivity contribution in [1.82, 2.24) is 0 Å². The lowest BCUT2D eigenvalue weighted by Gasteiger charge is -2.48. The first-order valence-electron chi connectivity index (χ1n) is 7.16. The minimum Gasteiger partial charge on any atom is -0.366 e. The number of rotatable bonds is 3. The lowest BCUT2D eigenvalue weighted by molar-refractivity contribution is -0.133. The summed E-state index contributed by atoms with van der Waals surface area (Å²) in [7, 11) is 0. The smallest absolute Gasteiger partial charge is 0.0808 e. The largest absolute Gasteiger partial charge is 0.366 e. The van der Waals surface area contributed by atoms with E-state index in [-0.39, 0.29) is 11.2 Å². The maximum Gasteiger partial charge on any atom is 0.0808 e. The zero-order valence-corrected chi connectivity index (χ0v) is 14.5. The number of anilines is 1. The monoisotopic (exact) mass is 340 g/mol. The van der Waals surface area contributed by atoms with Crippen LogP contribution >= 0.6 is 15.9 Å². The molecule has 0 atom stereocenters. The molecule has 1 aliphatic rings. The fraction of sp³-hybridized carbons (Fsp3) is 0.625. The number of hydrogen-bond donors (Lipinski definition) is 1. The summed E-state index contributed by atoms with van der Waals surface area (Å²) in [6.07, 6.45) is 0.916. The molecule has 4 heteroatoms. The minimum atomic E-state index is -0.142. The highest BCUT2D eigenvalue weighted by Gasteiger charge is 2.38. The van der Waals surface area contributed by atoms with Gasteiger partial charge in [-0.15, -0.1) is 0 Å². The van der Waals surface area contributed by atoms with Gasteiger partial charge in [-0.25, -0.2) is 0 Å². The molecule has 1 aromatic carbocycles. The Bertz CT molecular complexity index is 469. The van der Waals surface area contributed by atoms with E-state index in [0.29, 0.717) is 6.54 Å². The van der Waals surface area contributed by atoms with Gasteiger partial charge in [-0.2, -0.15) is 0 Å². The number of ether oxygens (including phenoxy) is 1. The molecule has 1 heterocycles. The van der Waals surface area contributed by atoms with Crippen molar-refractivity contribution >= 4 is 21.6 Å². The lowest BCUT2D eigenvalue weighted by atomic mass is 9.98. The third-order valence-corrected chi connectivity index (χ3v) is 4.12. The molecular weight excluding hydrogens is 316 g/mol. The number of hydrogen-bond acceptors (Lipinski definition) is 3. The van der Waals surface area contributed by atoms with E-state index in [1.165, 1.54) is 11.3 Å². The third-order valence-electron chi connectivity index (χ3n) is 3.48. The van der Waals surface area contributed by atoms with Crippen LogP contribution in [0.1, 0.15) is 33.3 Å². The van der Waals surface area contributed by atoms with Crippen LogP contribution in [-0.4, -0.2) is 30.8 Å². The van der Waals surface area contributed by atoms with Crippen molar-refractivity contribution in [2.75, 3.05) is 24.5 Å². The fourth-order valence-electron chi connectivity index (χ4n) is 3.09. The van der Waals surface area contributed by atoms with Gasteiger partial charge in [0.25, 0.3) is 0 Å². The highest BCUT2D eigenvalue weighted by molar-refractivity contribution is 9.10. The Labute approximate surface area is 130 Å². The molecule has 1 aromatic rings. The van der Waals surface area contributed by atoms with Crippen LogP contribution in [0.4, 0.5) is 5.69 Å². The van der Waals surface area contributed by atoms with Crippen molar-refractivity contribution in [3.05, 3.63) is 28.2 Å². The van der Waals surface area contributed by atoms with Gasteiger partial charge in [-0.05, 0) is 74.3 Å². The Morgan fingerprint density at radius 1 is 1.20 bits per heavy atom. The first kappa shape index (κ1) is 15.8. The maximum absolute atomic E-state index is 6.14. The molecule has 0 aliphatic carbocycles. The summed E-state index contributed by atoms with van der Waals surface area (Å²) in [6.45, 7) is 11.1. The molecule has 0 radical (unpaired) electrons. The minimum absolute atomic E-state index is 0.142. The van der Waals surface area contributed by atoms with Gasteiger partial charge >= 0.3 is 0 Å². The fourth-order valence-corrected chi connectivity index (χ4v) is 3.76. The molecule has 1 fully saturated rings. The molecule has 0 unspecified atom stereocenters. The van der Waals surface area contributed by atoms with Crippen LogP contribution in [-0.2, 0) is 11.2 Å². The molecule has 0 amide bonds. The summed E-state index contributed by atoms with van der Waals surface area (Å²) >= 11 is 3.70. The first-order valence-corrected chi connectivity index (χ1v) is 7.95. The van der Waals surface area contributed by atoms with Gasteiger partial charge in [0.15, 0.2) is 0 Å². The summed E-state index contributed by atoms with van der Waals surface area (Å²) in [5, 5.41) is 0. The summed E-state index contributed by atoms with van der Waals surface area (Å²) in [5.41, 5.74) is 7.84. The van der Waals surface area contributed by atoms with Crippen molar-refractivity contribution in [1.29, 1.82) is 0 Å². The van der Waals surface area contributed by atoms with E-state index in [0.717, 1.165) is 24.0 Å². The molecule has 2 N–H and O–H groups in total. The summed E-state index contributed by atoms with van der Waals surface area (Å²) in [6, 6.07) is 6.53. The molecule has 0 bridgehead atoms. The molecule has 0 saturated carbocycles. The normalized spacial score (nSPS) is 21.0. The highest BCUT2D eigenvalue weighted by Crippen LogP contribution is 2.35. The number of morpholine rings is 1. The molecule has 1 aliphatic heterocycles. The molecule has 20 heavy (non-hydrogen) atoms. The maximum atomic E-state index is 6.14. The van der Waals surface area contributed by atoms with Gasteiger partial charge in [0.1, 0.15) is 0 Å². The number of halogens is 1. The quantitative estimate of drug-likeness (QED) is 0.916. The van der Waals surface area contributed by atoms with Gasteiger partial charge in [0, 0.05) is 17.6 Å². The topological polar surface area (TPSA) is 38.5 Å². The van der Waals surface area contributed by atoms with Gasteiger partial charge in [0.05, 0.1) is 16.9 Å². The van der Waals surface area contributed by atoms with Crippen LogP contribution in [0.15, 0.2) is 22.7 Å². The number of nitrogens with two attached hydrogens (primary N) is 1. The van der Waals surface area contributed by atoms with Gasteiger partial charge in [0.2, 0.25) is 0 Å². The highest BCUT2D eigenvalue weighted by atomic mass is 79.9. The second-order valence-electron chi connectivity index (χ2n) is 6.80. The van der Waals surface area contributed by atoms with E-state index < -0.39 is 0 Å². The van der Waals surface area contributed by atoms with Crippen molar-refractivity contribution in [3.8, 4) is 0 Å². The molecule has 0 aromatic heterocycles.